The third-order valence-corrected chi connectivity index (χ3v) is 5.33. The van der Waals surface area contributed by atoms with Gasteiger partial charge in [-0.1, -0.05) is 41.9 Å². The minimum absolute atomic E-state index is 0.0425. The lowest BCUT2D eigenvalue weighted by molar-refractivity contribution is -0.121. The van der Waals surface area contributed by atoms with E-state index in [9.17, 15) is 4.79 Å². The molecule has 3 rings (SSSR count). The van der Waals surface area contributed by atoms with Gasteiger partial charge in [0.15, 0.2) is 0 Å². The highest BCUT2D eigenvalue weighted by Crippen LogP contribution is 2.33. The van der Waals surface area contributed by atoms with E-state index in [4.69, 9.17) is 16.3 Å². The molecule has 3 nitrogen and oxygen atoms in total. The third-order valence-electron chi connectivity index (χ3n) is 4.10. The summed E-state index contributed by atoms with van der Waals surface area (Å²) in [6.07, 6.45) is 2.58. The standard InChI is InChI=1S/C18H20ClNO2S/c19-16-9-8-15(23-16)11-17(21)20-12-14-7-4-10-22-18(14)13-5-2-1-3-6-13/h1-3,5-6,8-9,14,18H,4,7,10-12H2,(H,20,21)/t14-,18-/m0/s1. The molecule has 0 spiro atoms. The first-order valence-corrected chi connectivity index (χ1v) is 9.09. The van der Waals surface area contributed by atoms with Crippen LogP contribution in [0.25, 0.3) is 0 Å². The van der Waals surface area contributed by atoms with Crippen LogP contribution >= 0.6 is 22.9 Å². The van der Waals surface area contributed by atoms with E-state index >= 15 is 0 Å². The fourth-order valence-corrected chi connectivity index (χ4v) is 4.06. The summed E-state index contributed by atoms with van der Waals surface area (Å²) in [6.45, 7) is 1.44. The molecular weight excluding hydrogens is 330 g/mol. The molecule has 2 aromatic rings. The van der Waals surface area contributed by atoms with Crippen molar-refractivity contribution in [2.75, 3.05) is 13.2 Å². The van der Waals surface area contributed by atoms with E-state index in [1.165, 1.54) is 16.9 Å². The second kappa shape index (κ2) is 7.95. The van der Waals surface area contributed by atoms with Gasteiger partial charge in [-0.25, -0.2) is 0 Å². The molecule has 0 unspecified atom stereocenters. The lowest BCUT2D eigenvalue weighted by atomic mass is 9.89. The van der Waals surface area contributed by atoms with Gasteiger partial charge in [-0.05, 0) is 30.5 Å². The summed E-state index contributed by atoms with van der Waals surface area (Å²) in [4.78, 5) is 13.1. The van der Waals surface area contributed by atoms with E-state index in [0.29, 0.717) is 18.9 Å². The minimum Gasteiger partial charge on any atom is -0.373 e. The quantitative estimate of drug-likeness (QED) is 0.877. The number of hydrogen-bond donors (Lipinski definition) is 1. The Bertz CT molecular complexity index is 643. The van der Waals surface area contributed by atoms with Crippen LogP contribution in [0.3, 0.4) is 0 Å². The first kappa shape index (κ1) is 16.5. The topological polar surface area (TPSA) is 38.3 Å². The lowest BCUT2D eigenvalue weighted by Crippen LogP contribution is -2.35. The van der Waals surface area contributed by atoms with Crippen LogP contribution in [-0.2, 0) is 16.0 Å². The zero-order chi connectivity index (χ0) is 16.1. The third kappa shape index (κ3) is 4.56. The second-order valence-electron chi connectivity index (χ2n) is 5.79. The lowest BCUT2D eigenvalue weighted by Gasteiger charge is -2.32. The van der Waals surface area contributed by atoms with Gasteiger partial charge in [0.25, 0.3) is 0 Å². The molecule has 1 amide bonds. The molecular formula is C18H20ClNO2S. The highest BCUT2D eigenvalue weighted by Gasteiger charge is 2.27. The Morgan fingerprint density at radius 2 is 2.09 bits per heavy atom. The number of carbonyl (C=O) groups excluding carboxylic acids is 1. The van der Waals surface area contributed by atoms with Crippen molar-refractivity contribution in [3.05, 3.63) is 57.2 Å². The summed E-state index contributed by atoms with van der Waals surface area (Å²) < 4.78 is 6.68. The van der Waals surface area contributed by atoms with Gasteiger partial charge in [-0.3, -0.25) is 4.79 Å². The molecule has 2 heterocycles. The number of hydrogen-bond acceptors (Lipinski definition) is 3. The molecule has 1 aliphatic heterocycles. The maximum Gasteiger partial charge on any atom is 0.225 e. The van der Waals surface area contributed by atoms with Crippen molar-refractivity contribution in [2.24, 2.45) is 5.92 Å². The van der Waals surface area contributed by atoms with Gasteiger partial charge in [0.05, 0.1) is 16.9 Å². The Kier molecular flexibility index (Phi) is 5.70. The van der Waals surface area contributed by atoms with Gasteiger partial charge in [0.2, 0.25) is 5.91 Å². The van der Waals surface area contributed by atoms with E-state index < -0.39 is 0 Å². The largest absolute Gasteiger partial charge is 0.373 e. The molecule has 1 fully saturated rings. The Labute approximate surface area is 145 Å². The monoisotopic (exact) mass is 349 g/mol. The maximum absolute atomic E-state index is 12.1. The van der Waals surface area contributed by atoms with Gasteiger partial charge in [0, 0.05) is 23.9 Å². The van der Waals surface area contributed by atoms with Crippen LogP contribution in [0, 0.1) is 5.92 Å². The first-order chi connectivity index (χ1) is 11.2. The van der Waals surface area contributed by atoms with Gasteiger partial charge in [0.1, 0.15) is 0 Å². The van der Waals surface area contributed by atoms with Crippen LogP contribution in [0.2, 0.25) is 4.34 Å². The molecule has 5 heteroatoms. The molecule has 23 heavy (non-hydrogen) atoms. The van der Waals surface area contributed by atoms with E-state index in [1.54, 1.807) is 0 Å². The molecule has 1 aromatic heterocycles. The van der Waals surface area contributed by atoms with Crippen LogP contribution in [0.4, 0.5) is 0 Å². The average molecular weight is 350 g/mol. The van der Waals surface area contributed by atoms with Crippen LogP contribution in [0.1, 0.15) is 29.4 Å². The van der Waals surface area contributed by atoms with Crippen LogP contribution in [-0.4, -0.2) is 19.1 Å². The van der Waals surface area contributed by atoms with E-state index in [2.05, 4.69) is 17.4 Å². The molecule has 122 valence electrons. The number of rotatable bonds is 5. The minimum atomic E-state index is 0.0425. The average Bonchev–Trinajstić information content (AvgIpc) is 2.99. The Balaban J connectivity index is 1.56. The van der Waals surface area contributed by atoms with E-state index in [-0.39, 0.29) is 12.0 Å². The molecule has 1 saturated heterocycles. The highest BCUT2D eigenvalue weighted by molar-refractivity contribution is 7.16. The summed E-state index contributed by atoms with van der Waals surface area (Å²) in [5, 5.41) is 3.05. The van der Waals surface area contributed by atoms with Crippen LogP contribution in [0.15, 0.2) is 42.5 Å². The van der Waals surface area contributed by atoms with E-state index in [0.717, 1.165) is 28.7 Å². The zero-order valence-electron chi connectivity index (χ0n) is 12.8. The van der Waals surface area contributed by atoms with Crippen molar-refractivity contribution in [1.29, 1.82) is 0 Å². The van der Waals surface area contributed by atoms with Crippen molar-refractivity contribution in [3.8, 4) is 0 Å². The fraction of sp³-hybridized carbons (Fsp3) is 0.389. The molecule has 1 aromatic carbocycles. The van der Waals surface area contributed by atoms with Gasteiger partial charge in [-0.15, -0.1) is 11.3 Å². The predicted molar refractivity (Wildman–Crippen MR) is 93.9 cm³/mol. The Hall–Kier alpha value is -1.36. The molecule has 0 aliphatic carbocycles. The summed E-state index contributed by atoms with van der Waals surface area (Å²) in [6, 6.07) is 14.0. The van der Waals surface area contributed by atoms with Crippen molar-refractivity contribution in [1.82, 2.24) is 5.32 Å². The van der Waals surface area contributed by atoms with Gasteiger partial charge >= 0.3 is 0 Å². The van der Waals surface area contributed by atoms with Gasteiger partial charge in [-0.2, -0.15) is 0 Å². The number of carbonyl (C=O) groups is 1. The Morgan fingerprint density at radius 1 is 1.26 bits per heavy atom. The molecule has 0 radical (unpaired) electrons. The molecule has 0 bridgehead atoms. The Morgan fingerprint density at radius 3 is 2.83 bits per heavy atom. The molecule has 0 saturated carbocycles. The van der Waals surface area contributed by atoms with Crippen LogP contribution < -0.4 is 5.32 Å². The number of benzene rings is 1. The van der Waals surface area contributed by atoms with Crippen molar-refractivity contribution in [3.63, 3.8) is 0 Å². The SMILES string of the molecule is O=C(Cc1ccc(Cl)s1)NC[C@@H]1CCCO[C@H]1c1ccccc1. The van der Waals surface area contributed by atoms with E-state index in [1.807, 2.05) is 30.3 Å². The molecule has 2 atom stereocenters. The van der Waals surface area contributed by atoms with Crippen molar-refractivity contribution < 1.29 is 9.53 Å². The highest BCUT2D eigenvalue weighted by atomic mass is 35.5. The zero-order valence-corrected chi connectivity index (χ0v) is 14.4. The van der Waals surface area contributed by atoms with Crippen LogP contribution in [0.5, 0.6) is 0 Å². The fourth-order valence-electron chi connectivity index (χ4n) is 2.98. The summed E-state index contributed by atoms with van der Waals surface area (Å²) >= 11 is 7.35. The first-order valence-electron chi connectivity index (χ1n) is 7.90. The number of ether oxygens (including phenoxy) is 1. The molecule has 1 N–H and O–H groups in total. The predicted octanol–water partition coefficient (Wildman–Crippen LogP) is 4.23. The number of nitrogens with one attached hydrogen (secondary N) is 1. The van der Waals surface area contributed by atoms with Gasteiger partial charge < -0.3 is 10.1 Å². The second-order valence-corrected chi connectivity index (χ2v) is 7.59. The summed E-state index contributed by atoms with van der Waals surface area (Å²) in [7, 11) is 0. The smallest absolute Gasteiger partial charge is 0.225 e. The summed E-state index contributed by atoms with van der Waals surface area (Å²) in [5.41, 5.74) is 1.19. The number of thiophene rings is 1. The van der Waals surface area contributed by atoms with Crippen molar-refractivity contribution in [2.45, 2.75) is 25.4 Å². The summed E-state index contributed by atoms with van der Waals surface area (Å²) in [5.74, 6) is 0.364. The molecule has 1 aliphatic rings. The maximum atomic E-state index is 12.1. The van der Waals surface area contributed by atoms with Crippen molar-refractivity contribution >= 4 is 28.8 Å². The number of amides is 1. The number of halogens is 1. The normalized spacial score (nSPS) is 21.1.